The second kappa shape index (κ2) is 6.26. The molecule has 4 nitrogen and oxygen atoms in total. The topological polar surface area (TPSA) is 59.1 Å². The lowest BCUT2D eigenvalue weighted by molar-refractivity contribution is -0.137. The predicted molar refractivity (Wildman–Crippen MR) is 72.0 cm³/mol. The molecule has 1 fully saturated rings. The average molecular weight is 285 g/mol. The van der Waals surface area contributed by atoms with Crippen LogP contribution < -0.4 is 4.74 Å². The van der Waals surface area contributed by atoms with Crippen molar-refractivity contribution in [2.75, 3.05) is 13.2 Å². The van der Waals surface area contributed by atoms with E-state index in [1.54, 1.807) is 12.1 Å². The Labute approximate surface area is 117 Å². The SMILES string of the molecule is CCC(CC(=O)O)c1ccc(OCC2CO2)c(Cl)c1. The summed E-state index contributed by atoms with van der Waals surface area (Å²) in [7, 11) is 0. The van der Waals surface area contributed by atoms with Crippen molar-refractivity contribution in [2.45, 2.75) is 31.8 Å². The number of ether oxygens (including phenoxy) is 2. The number of epoxide rings is 1. The molecule has 0 spiro atoms. The zero-order valence-corrected chi connectivity index (χ0v) is 11.5. The molecule has 1 aliphatic heterocycles. The predicted octanol–water partition coefficient (Wildman–Crippen LogP) is 3.09. The second-order valence-corrected chi connectivity index (χ2v) is 5.07. The average Bonchev–Trinajstić information content (AvgIpc) is 3.18. The molecular weight excluding hydrogens is 268 g/mol. The van der Waals surface area contributed by atoms with E-state index in [0.29, 0.717) is 17.4 Å². The van der Waals surface area contributed by atoms with Crippen LogP contribution in [0.3, 0.4) is 0 Å². The fourth-order valence-corrected chi connectivity index (χ4v) is 2.19. The fraction of sp³-hybridized carbons (Fsp3) is 0.500. The van der Waals surface area contributed by atoms with Crippen LogP contribution in [0.4, 0.5) is 0 Å². The van der Waals surface area contributed by atoms with Gasteiger partial charge >= 0.3 is 5.97 Å². The van der Waals surface area contributed by atoms with E-state index in [1.807, 2.05) is 13.0 Å². The number of carbonyl (C=O) groups is 1. The van der Waals surface area contributed by atoms with Crippen molar-refractivity contribution in [1.29, 1.82) is 0 Å². The first kappa shape index (κ1) is 14.2. The number of carboxylic acids is 1. The van der Waals surface area contributed by atoms with Gasteiger partial charge in [-0.2, -0.15) is 0 Å². The zero-order chi connectivity index (χ0) is 13.8. The minimum Gasteiger partial charge on any atom is -0.489 e. The van der Waals surface area contributed by atoms with Crippen molar-refractivity contribution in [1.82, 2.24) is 0 Å². The zero-order valence-electron chi connectivity index (χ0n) is 10.8. The lowest BCUT2D eigenvalue weighted by Gasteiger charge is -2.15. The van der Waals surface area contributed by atoms with E-state index in [-0.39, 0.29) is 18.4 Å². The molecule has 0 aliphatic carbocycles. The van der Waals surface area contributed by atoms with E-state index >= 15 is 0 Å². The van der Waals surface area contributed by atoms with Crippen LogP contribution in [-0.2, 0) is 9.53 Å². The van der Waals surface area contributed by atoms with Crippen LogP contribution in [0.25, 0.3) is 0 Å². The van der Waals surface area contributed by atoms with E-state index in [4.69, 9.17) is 26.2 Å². The highest BCUT2D eigenvalue weighted by atomic mass is 35.5. The van der Waals surface area contributed by atoms with E-state index < -0.39 is 5.97 Å². The molecular formula is C14H17ClO4. The molecule has 0 bridgehead atoms. The van der Waals surface area contributed by atoms with Gasteiger partial charge < -0.3 is 14.6 Å². The molecule has 1 aromatic rings. The van der Waals surface area contributed by atoms with Crippen molar-refractivity contribution < 1.29 is 19.4 Å². The van der Waals surface area contributed by atoms with Gasteiger partial charge in [-0.25, -0.2) is 0 Å². The summed E-state index contributed by atoms with van der Waals surface area (Å²) in [6.07, 6.45) is 1.06. The number of aliphatic carboxylic acids is 1. The summed E-state index contributed by atoms with van der Waals surface area (Å²) < 4.78 is 10.6. The van der Waals surface area contributed by atoms with Gasteiger partial charge in [-0.15, -0.1) is 0 Å². The normalized spacial score (nSPS) is 18.9. The number of hydrogen-bond acceptors (Lipinski definition) is 3. The van der Waals surface area contributed by atoms with E-state index in [2.05, 4.69) is 0 Å². The third-order valence-electron chi connectivity index (χ3n) is 3.17. The Balaban J connectivity index is 2.04. The monoisotopic (exact) mass is 284 g/mol. The molecule has 0 amide bonds. The van der Waals surface area contributed by atoms with Gasteiger partial charge in [0.05, 0.1) is 18.1 Å². The van der Waals surface area contributed by atoms with Crippen molar-refractivity contribution >= 4 is 17.6 Å². The van der Waals surface area contributed by atoms with Gasteiger partial charge in [-0.3, -0.25) is 4.79 Å². The second-order valence-electron chi connectivity index (χ2n) is 4.66. The third-order valence-corrected chi connectivity index (χ3v) is 3.46. The molecule has 104 valence electrons. The van der Waals surface area contributed by atoms with Crippen molar-refractivity contribution in [3.8, 4) is 5.75 Å². The number of carboxylic acid groups (broad SMARTS) is 1. The smallest absolute Gasteiger partial charge is 0.303 e. The molecule has 19 heavy (non-hydrogen) atoms. The van der Waals surface area contributed by atoms with Gasteiger partial charge in [-0.05, 0) is 30.0 Å². The van der Waals surface area contributed by atoms with Crippen molar-refractivity contribution in [3.63, 3.8) is 0 Å². The number of halogens is 1. The molecule has 2 rings (SSSR count). The largest absolute Gasteiger partial charge is 0.489 e. The Morgan fingerprint density at radius 1 is 1.63 bits per heavy atom. The summed E-state index contributed by atoms with van der Waals surface area (Å²) in [6.45, 7) is 3.22. The summed E-state index contributed by atoms with van der Waals surface area (Å²) in [5.41, 5.74) is 0.935. The molecule has 1 aromatic carbocycles. The molecule has 1 N–H and O–H groups in total. The Morgan fingerprint density at radius 2 is 2.37 bits per heavy atom. The minimum absolute atomic E-state index is 0.0178. The summed E-state index contributed by atoms with van der Waals surface area (Å²) in [6, 6.07) is 5.47. The summed E-state index contributed by atoms with van der Waals surface area (Å²) in [5.74, 6) is -0.198. The van der Waals surface area contributed by atoms with Gasteiger partial charge in [0, 0.05) is 0 Å². The summed E-state index contributed by atoms with van der Waals surface area (Å²) >= 11 is 6.16. The Kier molecular flexibility index (Phi) is 4.66. The summed E-state index contributed by atoms with van der Waals surface area (Å²) in [5, 5.41) is 9.40. The maximum atomic E-state index is 10.8. The van der Waals surface area contributed by atoms with E-state index in [9.17, 15) is 4.79 Å². The molecule has 1 saturated heterocycles. The first-order valence-corrected chi connectivity index (χ1v) is 6.73. The van der Waals surface area contributed by atoms with Crippen molar-refractivity contribution in [2.24, 2.45) is 0 Å². The highest BCUT2D eigenvalue weighted by molar-refractivity contribution is 6.32. The lowest BCUT2D eigenvalue weighted by atomic mass is 9.93. The number of benzene rings is 1. The first-order chi connectivity index (χ1) is 9.10. The van der Waals surface area contributed by atoms with Crippen LogP contribution in [-0.4, -0.2) is 30.4 Å². The quantitative estimate of drug-likeness (QED) is 0.782. The molecule has 2 atom stereocenters. The third kappa shape index (κ3) is 4.11. The molecule has 0 saturated carbocycles. The van der Waals surface area contributed by atoms with Crippen LogP contribution >= 0.6 is 11.6 Å². The van der Waals surface area contributed by atoms with Crippen LogP contribution in [0.15, 0.2) is 18.2 Å². The Bertz CT molecular complexity index is 457. The van der Waals surface area contributed by atoms with Gasteiger partial charge in [0.2, 0.25) is 0 Å². The Hall–Kier alpha value is -1.26. The lowest BCUT2D eigenvalue weighted by Crippen LogP contribution is -2.07. The number of rotatable bonds is 7. The van der Waals surface area contributed by atoms with Gasteiger partial charge in [-0.1, -0.05) is 24.6 Å². The van der Waals surface area contributed by atoms with Crippen LogP contribution in [0, 0.1) is 0 Å². The van der Waals surface area contributed by atoms with Crippen LogP contribution in [0.2, 0.25) is 5.02 Å². The maximum absolute atomic E-state index is 10.8. The van der Waals surface area contributed by atoms with Crippen molar-refractivity contribution in [3.05, 3.63) is 28.8 Å². The van der Waals surface area contributed by atoms with Gasteiger partial charge in [0.15, 0.2) is 0 Å². The van der Waals surface area contributed by atoms with E-state index in [0.717, 1.165) is 18.6 Å². The van der Waals surface area contributed by atoms with Gasteiger partial charge in [0.1, 0.15) is 18.5 Å². The first-order valence-electron chi connectivity index (χ1n) is 6.35. The number of hydrogen-bond donors (Lipinski definition) is 1. The van der Waals surface area contributed by atoms with Crippen LogP contribution in [0.5, 0.6) is 5.75 Å². The highest BCUT2D eigenvalue weighted by Crippen LogP contribution is 2.31. The molecule has 1 heterocycles. The van der Waals surface area contributed by atoms with Gasteiger partial charge in [0.25, 0.3) is 0 Å². The molecule has 5 heteroatoms. The highest BCUT2D eigenvalue weighted by Gasteiger charge is 2.23. The maximum Gasteiger partial charge on any atom is 0.303 e. The molecule has 0 aromatic heterocycles. The fourth-order valence-electron chi connectivity index (χ4n) is 1.94. The molecule has 0 radical (unpaired) electrons. The summed E-state index contributed by atoms with van der Waals surface area (Å²) in [4.78, 5) is 10.8. The molecule has 1 aliphatic rings. The standard InChI is InChI=1S/C14H17ClO4/c1-2-9(6-14(16)17)10-3-4-13(12(15)5-10)19-8-11-7-18-11/h3-5,9,11H,2,6-8H2,1H3,(H,16,17). The molecule has 2 unspecified atom stereocenters. The Morgan fingerprint density at radius 3 is 2.89 bits per heavy atom. The minimum atomic E-state index is -0.797. The van der Waals surface area contributed by atoms with E-state index in [1.165, 1.54) is 0 Å². The van der Waals surface area contributed by atoms with Crippen LogP contribution in [0.1, 0.15) is 31.2 Å².